The highest BCUT2D eigenvalue weighted by Gasteiger charge is 2.62. The van der Waals surface area contributed by atoms with Crippen molar-refractivity contribution in [1.29, 1.82) is 0 Å². The second-order valence-electron chi connectivity index (χ2n) is 10.8. The van der Waals surface area contributed by atoms with Crippen LogP contribution in [0.4, 0.5) is 27.0 Å². The number of nitrogens with two attached hydrogens (primary N) is 1. The zero-order valence-electron chi connectivity index (χ0n) is 28.5. The molecule has 0 spiro atoms. The molecule has 4 aromatic rings. The number of primary amides is 1. The molecule has 0 aliphatic heterocycles. The number of hydrogen-bond acceptors (Lipinski definition) is 10. The van der Waals surface area contributed by atoms with Crippen LogP contribution in [0, 0.1) is 18.3 Å². The number of terminal acetylenes is 1. The number of hydrogen-bond donors (Lipinski definition) is 3. The van der Waals surface area contributed by atoms with E-state index in [-0.39, 0.29) is 53.4 Å². The van der Waals surface area contributed by atoms with Gasteiger partial charge in [0.25, 0.3) is 0 Å². The van der Waals surface area contributed by atoms with E-state index in [2.05, 4.69) is 36.4 Å². The lowest BCUT2D eigenvalue weighted by Gasteiger charge is -2.15. The number of aryl methyl sites for hydroxylation is 1. The Morgan fingerprint density at radius 3 is 2.71 bits per heavy atom. The molecule has 4 atom stereocenters. The van der Waals surface area contributed by atoms with Crippen molar-refractivity contribution in [3.05, 3.63) is 34.9 Å². The molecule has 16 heteroatoms. The summed E-state index contributed by atoms with van der Waals surface area (Å²) in [6.45, 7) is -2.84. The Hall–Kier alpha value is -5.59. The topological polar surface area (TPSA) is 194 Å². The van der Waals surface area contributed by atoms with E-state index in [4.69, 9.17) is 22.4 Å². The molecule has 4 unspecified atom stereocenters. The van der Waals surface area contributed by atoms with Crippen LogP contribution >= 0.6 is 0 Å². The van der Waals surface area contributed by atoms with E-state index in [0.717, 1.165) is 4.90 Å². The lowest BCUT2D eigenvalue weighted by molar-refractivity contribution is -0.122. The van der Waals surface area contributed by atoms with Crippen LogP contribution in [0.15, 0.2) is 29.2 Å². The van der Waals surface area contributed by atoms with Crippen LogP contribution in [-0.2, 0) is 26.8 Å². The number of anilines is 3. The molecule has 45 heavy (non-hydrogen) atoms. The second-order valence-corrected chi connectivity index (χ2v) is 10.8. The summed E-state index contributed by atoms with van der Waals surface area (Å²) in [4.78, 5) is 60.8. The van der Waals surface area contributed by atoms with E-state index in [1.54, 1.807) is 12.1 Å². The van der Waals surface area contributed by atoms with Crippen LogP contribution in [0.25, 0.3) is 22.1 Å². The molecule has 6 rings (SSSR count). The van der Waals surface area contributed by atoms with Crippen molar-refractivity contribution in [3.63, 3.8) is 0 Å². The first-order valence-corrected chi connectivity index (χ1v) is 13.8. The molecule has 4 N–H and O–H groups in total. The first-order valence-electron chi connectivity index (χ1n) is 15.8. The van der Waals surface area contributed by atoms with Gasteiger partial charge in [-0.15, -0.1) is 12.3 Å². The van der Waals surface area contributed by atoms with Gasteiger partial charge in [-0.25, -0.2) is 29.0 Å². The molecule has 3 amide bonds. The maximum Gasteiger partial charge on any atom is 0.414 e. The predicted octanol–water partition coefficient (Wildman–Crippen LogP) is 1.71. The molecule has 16 nitrogen and oxygen atoms in total. The average molecular weight is 621 g/mol. The highest BCUT2D eigenvalue weighted by atomic mass is 16.5. The number of aromatic nitrogens is 6. The molecule has 2 aliphatic carbocycles. The monoisotopic (exact) mass is 620 g/mol. The number of carbonyl (C=O) groups excluding carboxylic acids is 3. The molecule has 0 bridgehead atoms. The van der Waals surface area contributed by atoms with Crippen LogP contribution in [0.2, 0.25) is 0 Å². The predicted molar refractivity (Wildman–Crippen MR) is 163 cm³/mol. The van der Waals surface area contributed by atoms with Crippen LogP contribution < -0.4 is 27.0 Å². The highest BCUT2D eigenvalue weighted by molar-refractivity contribution is 5.99. The Balaban J connectivity index is 1.43. The summed E-state index contributed by atoms with van der Waals surface area (Å²) < 4.78 is 45.5. The van der Waals surface area contributed by atoms with Gasteiger partial charge in [-0.1, -0.05) is 0 Å². The Kier molecular flexibility index (Phi) is 5.98. The summed E-state index contributed by atoms with van der Waals surface area (Å²) in [6.07, 6.45) is 6.10. The van der Waals surface area contributed by atoms with Crippen molar-refractivity contribution in [1.82, 2.24) is 34.2 Å². The van der Waals surface area contributed by atoms with Crippen LogP contribution in [-0.4, -0.2) is 74.3 Å². The lowest BCUT2D eigenvalue weighted by atomic mass is 10.2. The van der Waals surface area contributed by atoms with E-state index in [9.17, 15) is 19.2 Å². The summed E-state index contributed by atoms with van der Waals surface area (Å²) in [5, 5.41) is 10.4. The molecular formula is C29H32N10O6. The van der Waals surface area contributed by atoms with Gasteiger partial charge < -0.3 is 25.8 Å². The van der Waals surface area contributed by atoms with Gasteiger partial charge in [0.1, 0.15) is 11.6 Å². The summed E-state index contributed by atoms with van der Waals surface area (Å²) in [6, 6.07) is 2.60. The second kappa shape index (κ2) is 10.8. The number of nitrogens with one attached hydrogen (secondary N) is 2. The summed E-state index contributed by atoms with van der Waals surface area (Å²) >= 11 is 0. The number of fused-ring (bicyclic) bond motifs is 2. The number of carbonyl (C=O) groups is 3. The van der Waals surface area contributed by atoms with E-state index >= 15 is 0 Å². The number of amides is 3. The van der Waals surface area contributed by atoms with E-state index < -0.39 is 54.3 Å². The van der Waals surface area contributed by atoms with Gasteiger partial charge in [0, 0.05) is 36.3 Å². The number of alkyl carbamates (subject to hydrolysis) is 1. The largest absolute Gasteiger partial charge is 0.453 e. The fourth-order valence-corrected chi connectivity index (χ4v) is 5.89. The maximum atomic E-state index is 13.6. The number of pyridine rings is 2. The standard InChI is InChI=1S/C29H32N10O6/c1-6-15-13-29(15,25(30)40)39-23-18(24(35-39)37(3)28(43)45-5)9-10-21(34-23)33-22-12-19-20(14-31-22)36(2)27(42)38(19)17-8-7-16(11-17)32-26(41)44-4/h1,9-10,12,14-17H,7-8,11,13H2,2-5H3,(H2,30,40)(H,32,41)(H,31,33,34)/i2D3,16D. The van der Waals surface area contributed by atoms with Gasteiger partial charge in [-0.3, -0.25) is 18.8 Å². The SMILES string of the molecule is [2H]C1(NC(=O)OC)CCC(n2c(=O)n(C([2H])([2H])[2H])c3cnc(Nc4ccc5c(N(C)C(=O)OC)nn(C6(C(N)=O)CC6C#C)c5n4)cc32)C1. The normalized spacial score (nSPS) is 25.4. The maximum absolute atomic E-state index is 13.6. The zero-order valence-corrected chi connectivity index (χ0v) is 24.5. The van der Waals surface area contributed by atoms with Crippen molar-refractivity contribution >= 4 is 57.6 Å². The van der Waals surface area contributed by atoms with Gasteiger partial charge >= 0.3 is 17.9 Å². The third-order valence-electron chi connectivity index (χ3n) is 8.32. The first-order chi connectivity index (χ1) is 23.1. The minimum atomic E-state index is -2.84. The molecule has 2 aliphatic rings. The van der Waals surface area contributed by atoms with Crippen molar-refractivity contribution in [2.45, 2.75) is 43.3 Å². The van der Waals surface area contributed by atoms with Crippen molar-refractivity contribution in [3.8, 4) is 12.3 Å². The van der Waals surface area contributed by atoms with E-state index in [1.807, 2.05) is 0 Å². The number of nitrogens with zero attached hydrogens (tertiary/aromatic N) is 7. The number of ether oxygens (including phenoxy) is 2. The summed E-state index contributed by atoms with van der Waals surface area (Å²) in [7, 11) is 3.83. The summed E-state index contributed by atoms with van der Waals surface area (Å²) in [5.74, 6) is 1.80. The third-order valence-corrected chi connectivity index (χ3v) is 8.32. The summed E-state index contributed by atoms with van der Waals surface area (Å²) in [5.41, 5.74) is 4.04. The Bertz CT molecular complexity index is 2140. The minimum absolute atomic E-state index is 0.0119. The van der Waals surface area contributed by atoms with Gasteiger partial charge in [0.15, 0.2) is 17.0 Å². The van der Waals surface area contributed by atoms with Gasteiger partial charge in [-0.05, 0) is 37.8 Å². The van der Waals surface area contributed by atoms with Crippen molar-refractivity contribution < 1.29 is 29.3 Å². The zero-order chi connectivity index (χ0) is 35.6. The van der Waals surface area contributed by atoms with Crippen molar-refractivity contribution in [2.24, 2.45) is 18.6 Å². The number of rotatable bonds is 7. The van der Waals surface area contributed by atoms with E-state index in [1.165, 1.54) is 42.8 Å². The van der Waals surface area contributed by atoms with Crippen LogP contribution in [0.1, 0.15) is 37.2 Å². The van der Waals surface area contributed by atoms with Crippen LogP contribution in [0.5, 0.6) is 0 Å². The van der Waals surface area contributed by atoms with Crippen molar-refractivity contribution in [2.75, 3.05) is 31.5 Å². The van der Waals surface area contributed by atoms with Gasteiger partial charge in [-0.2, -0.15) is 5.10 Å². The first kappa shape index (κ1) is 24.8. The molecule has 2 fully saturated rings. The Morgan fingerprint density at radius 1 is 1.24 bits per heavy atom. The smallest absolute Gasteiger partial charge is 0.414 e. The average Bonchev–Trinajstić information content (AvgIpc) is 3.32. The number of methoxy groups -OCH3 is 2. The minimum Gasteiger partial charge on any atom is -0.453 e. The quantitative estimate of drug-likeness (QED) is 0.256. The third kappa shape index (κ3) is 4.67. The molecule has 0 saturated heterocycles. The number of imidazole rings is 1. The van der Waals surface area contributed by atoms with Crippen LogP contribution in [0.3, 0.4) is 0 Å². The lowest BCUT2D eigenvalue weighted by Crippen LogP contribution is -2.37. The van der Waals surface area contributed by atoms with E-state index in [0.29, 0.717) is 16.4 Å². The molecule has 4 aromatic heterocycles. The fourth-order valence-electron chi connectivity index (χ4n) is 5.89. The fraction of sp³-hybridized carbons (Fsp3) is 0.414. The molecule has 234 valence electrons. The molecular weight excluding hydrogens is 584 g/mol. The molecule has 4 heterocycles. The van der Waals surface area contributed by atoms with Gasteiger partial charge in [0.2, 0.25) is 5.91 Å². The molecule has 0 radical (unpaired) electrons. The Morgan fingerprint density at radius 2 is 2.04 bits per heavy atom. The van der Waals surface area contributed by atoms with Gasteiger partial charge in [0.05, 0.1) is 44.1 Å². The Labute approximate surface area is 262 Å². The molecule has 0 aromatic carbocycles. The highest BCUT2D eigenvalue weighted by Crippen LogP contribution is 2.51. The molecule has 2 saturated carbocycles.